The van der Waals surface area contributed by atoms with Crippen molar-refractivity contribution >= 4 is 5.97 Å². The van der Waals surface area contributed by atoms with E-state index in [2.05, 4.69) is 31.9 Å². The minimum atomic E-state index is -0.374. The zero-order chi connectivity index (χ0) is 15.6. The Morgan fingerprint density at radius 1 is 1.52 bits per heavy atom. The molecule has 0 aromatic carbocycles. The molecular formula is C16H23N3O2. The third-order valence-electron chi connectivity index (χ3n) is 3.84. The van der Waals surface area contributed by atoms with E-state index in [0.29, 0.717) is 18.7 Å². The zero-order valence-electron chi connectivity index (χ0n) is 13.3. The molecule has 1 aliphatic rings. The molecule has 5 heteroatoms. The molecular weight excluding hydrogens is 266 g/mol. The van der Waals surface area contributed by atoms with Crippen LogP contribution in [0.15, 0.2) is 0 Å². The lowest BCUT2D eigenvalue weighted by molar-refractivity contribution is 0.0515. The number of hydrogen-bond acceptors (Lipinski definition) is 4. The molecule has 21 heavy (non-hydrogen) atoms. The van der Waals surface area contributed by atoms with Crippen LogP contribution in [0.2, 0.25) is 0 Å². The quantitative estimate of drug-likeness (QED) is 0.802. The van der Waals surface area contributed by atoms with Gasteiger partial charge in [-0.05, 0) is 47.0 Å². The molecule has 1 atom stereocenters. The smallest absolute Gasteiger partial charge is 0.359 e. The Morgan fingerprint density at radius 3 is 2.81 bits per heavy atom. The monoisotopic (exact) mass is 289 g/mol. The van der Waals surface area contributed by atoms with Crippen LogP contribution < -0.4 is 0 Å². The fourth-order valence-corrected chi connectivity index (χ4v) is 3.01. The number of aromatic nitrogens is 2. The van der Waals surface area contributed by atoms with E-state index in [1.54, 1.807) is 6.92 Å². The van der Waals surface area contributed by atoms with Gasteiger partial charge < -0.3 is 4.74 Å². The predicted octanol–water partition coefficient (Wildman–Crippen LogP) is 3.15. The lowest BCUT2D eigenvalue weighted by Crippen LogP contribution is -2.26. The summed E-state index contributed by atoms with van der Waals surface area (Å²) < 4.78 is 7.09. The van der Waals surface area contributed by atoms with E-state index in [-0.39, 0.29) is 17.4 Å². The van der Waals surface area contributed by atoms with E-state index < -0.39 is 0 Å². The number of nitrogens with zero attached hydrogens (tertiary/aromatic N) is 3. The van der Waals surface area contributed by atoms with Gasteiger partial charge in [0.15, 0.2) is 5.69 Å². The van der Waals surface area contributed by atoms with Crippen molar-refractivity contribution in [1.29, 1.82) is 5.26 Å². The van der Waals surface area contributed by atoms with Gasteiger partial charge in [0.05, 0.1) is 18.2 Å². The van der Waals surface area contributed by atoms with Gasteiger partial charge in [0.1, 0.15) is 0 Å². The maximum atomic E-state index is 12.2. The van der Waals surface area contributed by atoms with E-state index in [1.165, 1.54) is 0 Å². The Labute approximate surface area is 125 Å². The van der Waals surface area contributed by atoms with Gasteiger partial charge in [-0.1, -0.05) is 0 Å². The van der Waals surface area contributed by atoms with Crippen molar-refractivity contribution < 1.29 is 9.53 Å². The molecule has 1 unspecified atom stereocenters. The second kappa shape index (κ2) is 5.88. The van der Waals surface area contributed by atoms with Gasteiger partial charge in [-0.15, -0.1) is 0 Å². The number of carbonyl (C=O) groups is 1. The number of rotatable bonds is 3. The van der Waals surface area contributed by atoms with Gasteiger partial charge in [-0.25, -0.2) is 4.79 Å². The van der Waals surface area contributed by atoms with Gasteiger partial charge in [0, 0.05) is 23.6 Å². The van der Waals surface area contributed by atoms with Crippen molar-refractivity contribution in [2.24, 2.45) is 0 Å². The summed E-state index contributed by atoms with van der Waals surface area (Å²) in [4.78, 5) is 12.2. The predicted molar refractivity (Wildman–Crippen MR) is 79.1 cm³/mol. The average Bonchev–Trinajstić information content (AvgIpc) is 2.80. The van der Waals surface area contributed by atoms with Crippen molar-refractivity contribution in [3.8, 4) is 6.07 Å². The number of carbonyl (C=O) groups excluding carboxylic acids is 1. The maximum Gasteiger partial charge on any atom is 0.359 e. The molecule has 1 aliphatic carbocycles. The Morgan fingerprint density at radius 2 is 2.24 bits per heavy atom. The highest BCUT2D eigenvalue weighted by atomic mass is 16.5. The molecule has 1 aromatic heterocycles. The lowest BCUT2D eigenvalue weighted by atomic mass is 9.83. The van der Waals surface area contributed by atoms with Crippen LogP contribution in [0, 0.1) is 11.3 Å². The van der Waals surface area contributed by atoms with Crippen molar-refractivity contribution in [2.75, 3.05) is 6.61 Å². The molecule has 0 saturated carbocycles. The Balaban J connectivity index is 2.57. The van der Waals surface area contributed by atoms with E-state index in [9.17, 15) is 4.79 Å². The fraction of sp³-hybridized carbons (Fsp3) is 0.688. The van der Waals surface area contributed by atoms with Gasteiger partial charge in [0.25, 0.3) is 0 Å². The molecule has 0 fully saturated rings. The number of esters is 1. The third-order valence-corrected chi connectivity index (χ3v) is 3.84. The minimum Gasteiger partial charge on any atom is -0.461 e. The van der Waals surface area contributed by atoms with Gasteiger partial charge in [0.2, 0.25) is 0 Å². The first kappa shape index (κ1) is 15.6. The van der Waals surface area contributed by atoms with Crippen LogP contribution in [0.5, 0.6) is 0 Å². The molecule has 0 radical (unpaired) electrons. The molecule has 2 rings (SSSR count). The number of fused-ring (bicyclic) bond motifs is 1. The Bertz CT molecular complexity index is 576. The molecule has 0 amide bonds. The molecule has 0 spiro atoms. The summed E-state index contributed by atoms with van der Waals surface area (Å²) in [5.74, 6) is -0.282. The van der Waals surface area contributed by atoms with E-state index in [1.807, 2.05) is 4.68 Å². The van der Waals surface area contributed by atoms with Crippen LogP contribution in [0.25, 0.3) is 0 Å². The summed E-state index contributed by atoms with van der Waals surface area (Å²) in [7, 11) is 0. The highest BCUT2D eigenvalue weighted by Gasteiger charge is 2.34. The van der Waals surface area contributed by atoms with Crippen molar-refractivity contribution in [3.05, 3.63) is 17.0 Å². The fourth-order valence-electron chi connectivity index (χ4n) is 3.01. The topological polar surface area (TPSA) is 67.9 Å². The largest absolute Gasteiger partial charge is 0.461 e. The van der Waals surface area contributed by atoms with Gasteiger partial charge >= 0.3 is 5.97 Å². The standard InChI is InChI=1S/C16H23N3O2/c1-5-21-15(20)14-13-11(9-10-17)7-6-8-12(13)19(18-14)16(2,3)4/h11H,5-9H2,1-4H3. The molecule has 0 bridgehead atoms. The summed E-state index contributed by atoms with van der Waals surface area (Å²) >= 11 is 0. The first-order valence-corrected chi connectivity index (χ1v) is 7.56. The number of ether oxygens (including phenoxy) is 1. The minimum absolute atomic E-state index is 0.0919. The summed E-state index contributed by atoms with van der Waals surface area (Å²) in [5.41, 5.74) is 2.25. The van der Waals surface area contributed by atoms with Crippen LogP contribution in [0.1, 0.15) is 74.6 Å². The Kier molecular flexibility index (Phi) is 4.36. The van der Waals surface area contributed by atoms with Crippen LogP contribution >= 0.6 is 0 Å². The molecule has 1 aromatic rings. The average molecular weight is 289 g/mol. The second-order valence-electron chi connectivity index (χ2n) is 6.46. The maximum absolute atomic E-state index is 12.2. The van der Waals surface area contributed by atoms with Crippen molar-refractivity contribution in [1.82, 2.24) is 9.78 Å². The molecule has 5 nitrogen and oxygen atoms in total. The first-order valence-electron chi connectivity index (χ1n) is 7.56. The van der Waals surface area contributed by atoms with Crippen LogP contribution in [0.4, 0.5) is 0 Å². The third kappa shape index (κ3) is 2.94. The van der Waals surface area contributed by atoms with Crippen LogP contribution in [0.3, 0.4) is 0 Å². The van der Waals surface area contributed by atoms with Gasteiger partial charge in [-0.2, -0.15) is 10.4 Å². The normalized spacial score (nSPS) is 18.0. The van der Waals surface area contributed by atoms with Crippen LogP contribution in [-0.4, -0.2) is 22.4 Å². The lowest BCUT2D eigenvalue weighted by Gasteiger charge is -2.26. The number of hydrogen-bond donors (Lipinski definition) is 0. The number of nitriles is 1. The molecule has 0 saturated heterocycles. The summed E-state index contributed by atoms with van der Waals surface area (Å²) in [5, 5.41) is 13.6. The van der Waals surface area contributed by atoms with Crippen molar-refractivity contribution in [3.63, 3.8) is 0 Å². The molecule has 1 heterocycles. The molecule has 0 aliphatic heterocycles. The van der Waals surface area contributed by atoms with Gasteiger partial charge in [-0.3, -0.25) is 4.68 Å². The molecule has 114 valence electrons. The van der Waals surface area contributed by atoms with E-state index >= 15 is 0 Å². The SMILES string of the molecule is CCOC(=O)c1nn(C(C)(C)C)c2c1C(CC#N)CCC2. The Hall–Kier alpha value is -1.83. The summed E-state index contributed by atoms with van der Waals surface area (Å²) in [6.45, 7) is 8.34. The second-order valence-corrected chi connectivity index (χ2v) is 6.46. The van der Waals surface area contributed by atoms with E-state index in [0.717, 1.165) is 30.5 Å². The first-order chi connectivity index (χ1) is 9.90. The molecule has 0 N–H and O–H groups in total. The summed E-state index contributed by atoms with van der Waals surface area (Å²) in [6, 6.07) is 2.24. The van der Waals surface area contributed by atoms with E-state index in [4.69, 9.17) is 10.00 Å². The van der Waals surface area contributed by atoms with Crippen molar-refractivity contribution in [2.45, 2.75) is 64.8 Å². The summed E-state index contributed by atoms with van der Waals surface area (Å²) in [6.07, 6.45) is 3.29. The zero-order valence-corrected chi connectivity index (χ0v) is 13.3. The van der Waals surface area contributed by atoms with Crippen LogP contribution in [-0.2, 0) is 16.7 Å². The highest BCUT2D eigenvalue weighted by molar-refractivity contribution is 5.89. The highest BCUT2D eigenvalue weighted by Crippen LogP contribution is 2.38.